The summed E-state index contributed by atoms with van der Waals surface area (Å²) in [6, 6.07) is 12.1. The van der Waals surface area contributed by atoms with E-state index in [2.05, 4.69) is 9.88 Å². The van der Waals surface area contributed by atoms with Gasteiger partial charge in [-0.05, 0) is 35.9 Å². The monoisotopic (exact) mass is 342 g/mol. The lowest BCUT2D eigenvalue weighted by Gasteiger charge is -2.28. The number of nitrogens with one attached hydrogen (secondary N) is 1. The smallest absolute Gasteiger partial charge is 0.194 e. The first-order chi connectivity index (χ1) is 11.6. The van der Waals surface area contributed by atoms with E-state index in [1.165, 1.54) is 12.1 Å². The van der Waals surface area contributed by atoms with Gasteiger partial charge in [0.15, 0.2) is 5.43 Å². The molecule has 1 N–H and O–H groups in total. The molecule has 0 radical (unpaired) electrons. The Morgan fingerprint density at radius 2 is 1.96 bits per heavy atom. The Morgan fingerprint density at radius 3 is 2.75 bits per heavy atom. The van der Waals surface area contributed by atoms with E-state index in [9.17, 15) is 9.18 Å². The zero-order chi connectivity index (χ0) is 16.7. The van der Waals surface area contributed by atoms with E-state index < -0.39 is 0 Å². The third kappa shape index (κ3) is 2.83. The van der Waals surface area contributed by atoms with Gasteiger partial charge in [0, 0.05) is 53.2 Å². The van der Waals surface area contributed by atoms with Crippen LogP contribution in [0.25, 0.3) is 10.9 Å². The first kappa shape index (κ1) is 15.4. The lowest BCUT2D eigenvalue weighted by Crippen LogP contribution is -2.34. The highest BCUT2D eigenvalue weighted by molar-refractivity contribution is 6.30. The number of rotatable bonds is 2. The molecule has 0 fully saturated rings. The van der Waals surface area contributed by atoms with Gasteiger partial charge in [-0.15, -0.1) is 0 Å². The second-order valence-corrected chi connectivity index (χ2v) is 6.62. The Labute approximate surface area is 143 Å². The van der Waals surface area contributed by atoms with Gasteiger partial charge in [0.25, 0.3) is 0 Å². The standard InChI is InChI=1S/C19H16ClFN2O/c20-13-3-1-12(2-4-13)10-23-8-7-18-16(11-23)19(24)15-9-14(21)5-6-17(15)22-18/h1-6,9H,7-8,10-11H2,(H,22,24). The van der Waals surface area contributed by atoms with Crippen LogP contribution in [0.5, 0.6) is 0 Å². The number of H-pyrrole nitrogens is 1. The average molecular weight is 343 g/mol. The molecule has 3 aromatic rings. The van der Waals surface area contributed by atoms with E-state index in [0.717, 1.165) is 36.3 Å². The van der Waals surface area contributed by atoms with Crippen LogP contribution in [-0.4, -0.2) is 16.4 Å². The van der Waals surface area contributed by atoms with E-state index in [1.54, 1.807) is 6.07 Å². The maximum atomic E-state index is 13.5. The number of nitrogens with zero attached hydrogens (tertiary/aromatic N) is 1. The molecule has 0 saturated carbocycles. The fourth-order valence-electron chi connectivity index (χ4n) is 3.29. The molecule has 0 amide bonds. The molecule has 24 heavy (non-hydrogen) atoms. The molecule has 3 nitrogen and oxygen atoms in total. The summed E-state index contributed by atoms with van der Waals surface area (Å²) in [7, 11) is 0. The maximum Gasteiger partial charge on any atom is 0.194 e. The maximum absolute atomic E-state index is 13.5. The number of pyridine rings is 1. The molecule has 1 aliphatic rings. The number of benzene rings is 2. The van der Waals surface area contributed by atoms with Crippen molar-refractivity contribution in [2.75, 3.05) is 6.54 Å². The molecule has 0 saturated heterocycles. The highest BCUT2D eigenvalue weighted by atomic mass is 35.5. The van der Waals surface area contributed by atoms with Crippen molar-refractivity contribution in [3.63, 3.8) is 0 Å². The minimum absolute atomic E-state index is 0.0703. The van der Waals surface area contributed by atoms with Crippen LogP contribution in [0.1, 0.15) is 16.8 Å². The molecule has 1 aliphatic heterocycles. The van der Waals surface area contributed by atoms with Crippen molar-refractivity contribution < 1.29 is 4.39 Å². The molecule has 0 aliphatic carbocycles. The summed E-state index contributed by atoms with van der Waals surface area (Å²) < 4.78 is 13.5. The third-order valence-electron chi connectivity index (χ3n) is 4.53. The summed E-state index contributed by atoms with van der Waals surface area (Å²) in [5, 5.41) is 1.13. The van der Waals surface area contributed by atoms with E-state index in [-0.39, 0.29) is 11.2 Å². The van der Waals surface area contributed by atoms with Crippen LogP contribution in [0.4, 0.5) is 4.39 Å². The highest BCUT2D eigenvalue weighted by Gasteiger charge is 2.21. The van der Waals surface area contributed by atoms with Gasteiger partial charge in [-0.1, -0.05) is 23.7 Å². The Balaban J connectivity index is 1.66. The number of aromatic nitrogens is 1. The van der Waals surface area contributed by atoms with Gasteiger partial charge in [0.2, 0.25) is 0 Å². The van der Waals surface area contributed by atoms with Crippen LogP contribution in [0.3, 0.4) is 0 Å². The number of hydrogen-bond donors (Lipinski definition) is 1. The Morgan fingerprint density at radius 1 is 1.17 bits per heavy atom. The normalized spacial score (nSPS) is 14.8. The fraction of sp³-hybridized carbons (Fsp3) is 0.211. The van der Waals surface area contributed by atoms with Gasteiger partial charge >= 0.3 is 0 Å². The Hall–Kier alpha value is -2.17. The lowest BCUT2D eigenvalue weighted by atomic mass is 10.0. The molecule has 4 rings (SSSR count). The third-order valence-corrected chi connectivity index (χ3v) is 4.78. The summed E-state index contributed by atoms with van der Waals surface area (Å²) in [6.45, 7) is 2.20. The van der Waals surface area contributed by atoms with Crippen molar-refractivity contribution in [3.05, 3.63) is 80.3 Å². The zero-order valence-corrected chi connectivity index (χ0v) is 13.7. The molecule has 0 bridgehead atoms. The predicted octanol–water partition coefficient (Wildman–Crippen LogP) is 3.88. The molecule has 0 spiro atoms. The highest BCUT2D eigenvalue weighted by Crippen LogP contribution is 2.21. The number of hydrogen-bond acceptors (Lipinski definition) is 2. The van der Waals surface area contributed by atoms with Crippen LogP contribution in [0.2, 0.25) is 5.02 Å². The van der Waals surface area contributed by atoms with E-state index >= 15 is 0 Å². The molecule has 2 aromatic carbocycles. The fourth-order valence-corrected chi connectivity index (χ4v) is 3.41. The lowest BCUT2D eigenvalue weighted by molar-refractivity contribution is 0.243. The first-order valence-corrected chi connectivity index (χ1v) is 8.28. The van der Waals surface area contributed by atoms with Gasteiger partial charge < -0.3 is 4.98 Å². The predicted molar refractivity (Wildman–Crippen MR) is 93.8 cm³/mol. The van der Waals surface area contributed by atoms with Crippen LogP contribution in [0.15, 0.2) is 47.3 Å². The van der Waals surface area contributed by atoms with Crippen molar-refractivity contribution in [1.29, 1.82) is 0 Å². The SMILES string of the molecule is O=c1c2c([nH]c3ccc(F)cc13)CCN(Cc1ccc(Cl)cc1)C2. The number of fused-ring (bicyclic) bond motifs is 2. The molecule has 1 aromatic heterocycles. The minimum Gasteiger partial charge on any atom is -0.358 e. The van der Waals surface area contributed by atoms with Crippen molar-refractivity contribution in [2.45, 2.75) is 19.5 Å². The topological polar surface area (TPSA) is 36.1 Å². The molecule has 2 heterocycles. The van der Waals surface area contributed by atoms with E-state index in [0.29, 0.717) is 22.5 Å². The molecular formula is C19H16ClFN2O. The molecule has 0 atom stereocenters. The van der Waals surface area contributed by atoms with Crippen LogP contribution >= 0.6 is 11.6 Å². The van der Waals surface area contributed by atoms with Crippen LogP contribution < -0.4 is 5.43 Å². The summed E-state index contributed by atoms with van der Waals surface area (Å²) >= 11 is 5.92. The number of halogens is 2. The van der Waals surface area contributed by atoms with E-state index in [1.807, 2.05) is 24.3 Å². The Bertz CT molecular complexity index is 966. The van der Waals surface area contributed by atoms with Crippen molar-refractivity contribution in [2.24, 2.45) is 0 Å². The van der Waals surface area contributed by atoms with Crippen LogP contribution in [0, 0.1) is 5.82 Å². The number of aromatic amines is 1. The van der Waals surface area contributed by atoms with Gasteiger partial charge in [0.1, 0.15) is 5.82 Å². The van der Waals surface area contributed by atoms with Gasteiger partial charge in [-0.25, -0.2) is 4.39 Å². The van der Waals surface area contributed by atoms with Crippen LogP contribution in [-0.2, 0) is 19.5 Å². The quantitative estimate of drug-likeness (QED) is 0.767. The minimum atomic E-state index is -0.387. The van der Waals surface area contributed by atoms with Crippen molar-refractivity contribution in [1.82, 2.24) is 9.88 Å². The van der Waals surface area contributed by atoms with Gasteiger partial charge in [-0.2, -0.15) is 0 Å². The molecule has 0 unspecified atom stereocenters. The van der Waals surface area contributed by atoms with E-state index in [4.69, 9.17) is 11.6 Å². The zero-order valence-electron chi connectivity index (χ0n) is 13.0. The Kier molecular flexibility index (Phi) is 3.87. The summed E-state index contributed by atoms with van der Waals surface area (Å²) in [6.07, 6.45) is 0.783. The largest absolute Gasteiger partial charge is 0.358 e. The first-order valence-electron chi connectivity index (χ1n) is 7.90. The second kappa shape index (κ2) is 6.04. The summed E-state index contributed by atoms with van der Waals surface area (Å²) in [5.74, 6) is -0.387. The molecule has 5 heteroatoms. The van der Waals surface area contributed by atoms with Gasteiger partial charge in [0.05, 0.1) is 0 Å². The average Bonchev–Trinajstić information content (AvgIpc) is 2.58. The van der Waals surface area contributed by atoms with Crippen molar-refractivity contribution >= 4 is 22.5 Å². The molecule has 122 valence electrons. The summed E-state index contributed by atoms with van der Waals surface area (Å²) in [4.78, 5) is 18.3. The van der Waals surface area contributed by atoms with Gasteiger partial charge in [-0.3, -0.25) is 9.69 Å². The molecular weight excluding hydrogens is 327 g/mol. The summed E-state index contributed by atoms with van der Waals surface area (Å²) in [5.41, 5.74) is 3.50. The van der Waals surface area contributed by atoms with Crippen molar-refractivity contribution in [3.8, 4) is 0 Å². The second-order valence-electron chi connectivity index (χ2n) is 6.19.